The molecule has 0 fully saturated rings. The number of benzene rings is 1. The summed E-state index contributed by atoms with van der Waals surface area (Å²) in [5.74, 6) is -0.546. The third-order valence-corrected chi connectivity index (χ3v) is 2.11. The Labute approximate surface area is 122 Å². The average Bonchev–Trinajstić information content (AvgIpc) is 2.43. The second-order valence-corrected chi connectivity index (χ2v) is 3.44. The molecule has 0 aliphatic heterocycles. The lowest BCUT2D eigenvalue weighted by Crippen LogP contribution is -2.15. The molecule has 1 aromatic carbocycles. The van der Waals surface area contributed by atoms with Crippen LogP contribution in [0.25, 0.3) is 0 Å². The molecule has 1 aromatic rings. The van der Waals surface area contributed by atoms with E-state index in [-0.39, 0.29) is 37.1 Å². The largest absolute Gasteiger partial charge is 0.478 e. The highest BCUT2D eigenvalue weighted by molar-refractivity contribution is 5.85. The minimum Gasteiger partial charge on any atom is -0.478 e. The van der Waals surface area contributed by atoms with Crippen molar-refractivity contribution in [3.63, 3.8) is 0 Å². The molecule has 0 aliphatic carbocycles. The van der Waals surface area contributed by atoms with Crippen LogP contribution in [0.15, 0.2) is 18.2 Å². The van der Waals surface area contributed by atoms with Gasteiger partial charge in [0.25, 0.3) is 0 Å². The zero-order valence-corrected chi connectivity index (χ0v) is 11.9. The Kier molecular flexibility index (Phi) is 7.91. The van der Waals surface area contributed by atoms with Crippen molar-refractivity contribution < 1.29 is 28.5 Å². The number of halogens is 1. The van der Waals surface area contributed by atoms with Crippen LogP contribution in [0.3, 0.4) is 0 Å². The van der Waals surface area contributed by atoms with Crippen molar-refractivity contribution in [1.82, 2.24) is 0 Å². The first kappa shape index (κ1) is 17.8. The van der Waals surface area contributed by atoms with Crippen molar-refractivity contribution >= 4 is 30.0 Å². The Bertz CT molecular complexity index is 465. The SMILES string of the molecule is COC(=O)COc1ccc(N)cc1OCC(=O)OC.Cl. The van der Waals surface area contributed by atoms with Gasteiger partial charge in [0.05, 0.1) is 14.2 Å². The molecule has 112 valence electrons. The normalized spacial score (nSPS) is 9.10. The molecule has 0 heterocycles. The molecule has 7 nitrogen and oxygen atoms in total. The van der Waals surface area contributed by atoms with Crippen LogP contribution in [0, 0.1) is 0 Å². The van der Waals surface area contributed by atoms with Gasteiger partial charge in [-0.2, -0.15) is 0 Å². The lowest BCUT2D eigenvalue weighted by Gasteiger charge is -2.12. The lowest BCUT2D eigenvalue weighted by atomic mass is 10.3. The molecule has 0 radical (unpaired) electrons. The second-order valence-electron chi connectivity index (χ2n) is 3.44. The van der Waals surface area contributed by atoms with Gasteiger partial charge < -0.3 is 24.7 Å². The number of nitrogen functional groups attached to an aromatic ring is 1. The summed E-state index contributed by atoms with van der Waals surface area (Å²) in [7, 11) is 2.50. The Balaban J connectivity index is 0.00000361. The van der Waals surface area contributed by atoms with Gasteiger partial charge in [0, 0.05) is 11.8 Å². The van der Waals surface area contributed by atoms with Crippen LogP contribution in [0.2, 0.25) is 0 Å². The van der Waals surface area contributed by atoms with Crippen LogP contribution < -0.4 is 15.2 Å². The molecular weight excluding hydrogens is 290 g/mol. The van der Waals surface area contributed by atoms with Gasteiger partial charge in [-0.1, -0.05) is 0 Å². The van der Waals surface area contributed by atoms with E-state index in [4.69, 9.17) is 15.2 Å². The smallest absolute Gasteiger partial charge is 0.343 e. The summed E-state index contributed by atoms with van der Waals surface area (Å²) in [5.41, 5.74) is 6.04. The van der Waals surface area contributed by atoms with Crippen LogP contribution in [0.4, 0.5) is 5.69 Å². The highest BCUT2D eigenvalue weighted by Gasteiger charge is 2.10. The van der Waals surface area contributed by atoms with E-state index in [0.717, 1.165) is 0 Å². The molecule has 0 amide bonds. The molecule has 0 unspecified atom stereocenters. The van der Waals surface area contributed by atoms with Crippen molar-refractivity contribution in [1.29, 1.82) is 0 Å². The third kappa shape index (κ3) is 5.66. The molecule has 1 rings (SSSR count). The van der Waals surface area contributed by atoms with E-state index in [1.807, 2.05) is 0 Å². The molecule has 0 atom stereocenters. The topological polar surface area (TPSA) is 97.1 Å². The fraction of sp³-hybridized carbons (Fsp3) is 0.333. The average molecular weight is 306 g/mol. The molecule has 0 bridgehead atoms. The molecule has 0 saturated heterocycles. The zero-order valence-electron chi connectivity index (χ0n) is 11.1. The number of hydrogen-bond donors (Lipinski definition) is 1. The van der Waals surface area contributed by atoms with Crippen molar-refractivity contribution in [2.24, 2.45) is 0 Å². The maximum atomic E-state index is 11.0. The summed E-state index contributed by atoms with van der Waals surface area (Å²) in [4.78, 5) is 22.0. The highest BCUT2D eigenvalue weighted by atomic mass is 35.5. The van der Waals surface area contributed by atoms with Gasteiger partial charge in [-0.15, -0.1) is 12.4 Å². The van der Waals surface area contributed by atoms with Crippen LogP contribution in [-0.4, -0.2) is 39.4 Å². The molecule has 0 spiro atoms. The highest BCUT2D eigenvalue weighted by Crippen LogP contribution is 2.29. The fourth-order valence-corrected chi connectivity index (χ4v) is 1.15. The number of nitrogens with two attached hydrogens (primary N) is 1. The number of anilines is 1. The van der Waals surface area contributed by atoms with Crippen molar-refractivity contribution in [2.75, 3.05) is 33.2 Å². The predicted molar refractivity (Wildman–Crippen MR) is 73.1 cm³/mol. The first-order valence-corrected chi connectivity index (χ1v) is 5.35. The monoisotopic (exact) mass is 305 g/mol. The van der Waals surface area contributed by atoms with Crippen LogP contribution in [-0.2, 0) is 19.1 Å². The van der Waals surface area contributed by atoms with Gasteiger partial charge >= 0.3 is 11.9 Å². The Morgan fingerprint density at radius 1 is 1.00 bits per heavy atom. The summed E-state index contributed by atoms with van der Waals surface area (Å²) >= 11 is 0. The number of hydrogen-bond acceptors (Lipinski definition) is 7. The van der Waals surface area contributed by atoms with Crippen molar-refractivity contribution in [3.05, 3.63) is 18.2 Å². The molecule has 2 N–H and O–H groups in total. The van der Waals surface area contributed by atoms with Gasteiger partial charge in [-0.3, -0.25) is 0 Å². The van der Waals surface area contributed by atoms with E-state index < -0.39 is 11.9 Å². The molecule has 0 saturated carbocycles. The summed E-state index contributed by atoms with van der Waals surface area (Å²) < 4.78 is 19.3. The number of methoxy groups -OCH3 is 2. The van der Waals surface area contributed by atoms with E-state index in [1.165, 1.54) is 26.4 Å². The molecular formula is C12H16ClNO6. The van der Waals surface area contributed by atoms with E-state index in [2.05, 4.69) is 9.47 Å². The summed E-state index contributed by atoms with van der Waals surface area (Å²) in [6.45, 7) is -0.552. The minimum atomic E-state index is -0.540. The minimum absolute atomic E-state index is 0. The Morgan fingerprint density at radius 3 is 2.00 bits per heavy atom. The van der Waals surface area contributed by atoms with Gasteiger partial charge in [-0.25, -0.2) is 9.59 Å². The molecule has 8 heteroatoms. The summed E-state index contributed by atoms with van der Waals surface area (Å²) in [5, 5.41) is 0. The van der Waals surface area contributed by atoms with Crippen molar-refractivity contribution in [3.8, 4) is 11.5 Å². The number of esters is 2. The summed E-state index contributed by atoms with van der Waals surface area (Å²) in [6.07, 6.45) is 0. The first-order valence-electron chi connectivity index (χ1n) is 5.35. The number of carbonyl (C=O) groups is 2. The Morgan fingerprint density at radius 2 is 1.50 bits per heavy atom. The number of carbonyl (C=O) groups excluding carboxylic acids is 2. The van der Waals surface area contributed by atoms with Gasteiger partial charge in [0.1, 0.15) is 0 Å². The molecule has 20 heavy (non-hydrogen) atoms. The van der Waals surface area contributed by atoms with Crippen LogP contribution in [0.5, 0.6) is 11.5 Å². The predicted octanol–water partition coefficient (Wildman–Crippen LogP) is 0.794. The maximum absolute atomic E-state index is 11.0. The zero-order chi connectivity index (χ0) is 14.3. The maximum Gasteiger partial charge on any atom is 0.343 e. The quantitative estimate of drug-likeness (QED) is 0.613. The van der Waals surface area contributed by atoms with Gasteiger partial charge in [0.15, 0.2) is 24.7 Å². The van der Waals surface area contributed by atoms with E-state index in [0.29, 0.717) is 5.69 Å². The number of ether oxygens (including phenoxy) is 4. The van der Waals surface area contributed by atoms with E-state index >= 15 is 0 Å². The van der Waals surface area contributed by atoms with Crippen LogP contribution in [0.1, 0.15) is 0 Å². The Hall–Kier alpha value is -2.15. The van der Waals surface area contributed by atoms with Crippen molar-refractivity contribution in [2.45, 2.75) is 0 Å². The van der Waals surface area contributed by atoms with E-state index in [9.17, 15) is 9.59 Å². The fourth-order valence-electron chi connectivity index (χ4n) is 1.15. The number of rotatable bonds is 6. The second kappa shape index (κ2) is 8.87. The lowest BCUT2D eigenvalue weighted by molar-refractivity contribution is -0.144. The third-order valence-electron chi connectivity index (χ3n) is 2.11. The molecule has 0 aromatic heterocycles. The first-order chi connectivity index (χ1) is 9.06. The molecule has 0 aliphatic rings. The van der Waals surface area contributed by atoms with Crippen LogP contribution >= 0.6 is 12.4 Å². The summed E-state index contributed by atoms with van der Waals surface area (Å²) in [6, 6.07) is 4.60. The van der Waals surface area contributed by atoms with Gasteiger partial charge in [-0.05, 0) is 12.1 Å². The standard InChI is InChI=1S/C12H15NO6.ClH/c1-16-11(14)6-18-9-4-3-8(13)5-10(9)19-7-12(15)17-2;/h3-5H,6-7,13H2,1-2H3;1H. The van der Waals surface area contributed by atoms with Gasteiger partial charge in [0.2, 0.25) is 0 Å². The van der Waals surface area contributed by atoms with E-state index in [1.54, 1.807) is 6.07 Å².